The third-order valence-electron chi connectivity index (χ3n) is 4.00. The van der Waals surface area contributed by atoms with Crippen LogP contribution in [0.25, 0.3) is 11.3 Å². The highest BCUT2D eigenvalue weighted by molar-refractivity contribution is 5.83. The molecule has 9 heteroatoms. The van der Waals surface area contributed by atoms with Crippen LogP contribution in [-0.4, -0.2) is 23.1 Å². The Bertz CT molecular complexity index is 1130. The average Bonchev–Trinajstić information content (AvgIpc) is 3.23. The number of nitro groups is 1. The molecule has 150 valence electrons. The molecule has 30 heavy (non-hydrogen) atoms. The molecule has 0 aliphatic carbocycles. The SMILES string of the molecule is CC(Oc1ccc(C#N)cc1)C(=O)N/N=C/c1ccc(-c2cccc([N+](=O)[O-])c2)o1. The van der Waals surface area contributed by atoms with E-state index in [0.29, 0.717) is 28.4 Å². The van der Waals surface area contributed by atoms with Crippen LogP contribution in [0.2, 0.25) is 0 Å². The van der Waals surface area contributed by atoms with Gasteiger partial charge in [-0.05, 0) is 43.3 Å². The molecule has 0 aliphatic heterocycles. The van der Waals surface area contributed by atoms with Gasteiger partial charge < -0.3 is 9.15 Å². The molecule has 3 rings (SSSR count). The van der Waals surface area contributed by atoms with Gasteiger partial charge in [0.2, 0.25) is 0 Å². The Morgan fingerprint density at radius 3 is 2.73 bits per heavy atom. The van der Waals surface area contributed by atoms with Crippen LogP contribution < -0.4 is 10.2 Å². The van der Waals surface area contributed by atoms with E-state index in [-0.39, 0.29) is 5.69 Å². The minimum absolute atomic E-state index is 0.0392. The number of furan rings is 1. The summed E-state index contributed by atoms with van der Waals surface area (Å²) in [5.74, 6) is 0.774. The van der Waals surface area contributed by atoms with E-state index in [9.17, 15) is 14.9 Å². The summed E-state index contributed by atoms with van der Waals surface area (Å²) in [4.78, 5) is 22.5. The second-order valence-corrected chi connectivity index (χ2v) is 6.14. The van der Waals surface area contributed by atoms with Gasteiger partial charge in [-0.25, -0.2) is 5.43 Å². The molecule has 1 unspecified atom stereocenters. The number of nitrogens with one attached hydrogen (secondary N) is 1. The molecule has 0 aliphatic rings. The zero-order chi connectivity index (χ0) is 21.5. The van der Waals surface area contributed by atoms with Crippen molar-refractivity contribution in [3.8, 4) is 23.1 Å². The van der Waals surface area contributed by atoms with Gasteiger partial charge in [0, 0.05) is 17.7 Å². The first-order chi connectivity index (χ1) is 14.5. The molecule has 0 saturated carbocycles. The fourth-order valence-corrected chi connectivity index (χ4v) is 2.47. The fourth-order valence-electron chi connectivity index (χ4n) is 2.47. The largest absolute Gasteiger partial charge is 0.481 e. The summed E-state index contributed by atoms with van der Waals surface area (Å²) < 4.78 is 11.1. The summed E-state index contributed by atoms with van der Waals surface area (Å²) in [6.07, 6.45) is 0.500. The maximum atomic E-state index is 12.1. The third-order valence-corrected chi connectivity index (χ3v) is 4.00. The first-order valence-electron chi connectivity index (χ1n) is 8.80. The number of hydrazone groups is 1. The lowest BCUT2D eigenvalue weighted by Crippen LogP contribution is -2.33. The summed E-state index contributed by atoms with van der Waals surface area (Å²) in [5.41, 5.74) is 3.36. The number of nitrogens with zero attached hydrogens (tertiary/aromatic N) is 3. The van der Waals surface area contributed by atoms with Gasteiger partial charge in [0.1, 0.15) is 17.3 Å². The number of hydrogen-bond donors (Lipinski definition) is 1. The average molecular weight is 404 g/mol. The first-order valence-corrected chi connectivity index (χ1v) is 8.80. The van der Waals surface area contributed by atoms with Gasteiger partial charge in [0.05, 0.1) is 22.8 Å². The number of carbonyl (C=O) groups is 1. The molecule has 0 spiro atoms. The lowest BCUT2D eigenvalue weighted by molar-refractivity contribution is -0.384. The van der Waals surface area contributed by atoms with Gasteiger partial charge in [-0.1, -0.05) is 12.1 Å². The van der Waals surface area contributed by atoms with Crippen LogP contribution in [0.5, 0.6) is 5.75 Å². The predicted molar refractivity (Wildman–Crippen MR) is 108 cm³/mol. The van der Waals surface area contributed by atoms with Gasteiger partial charge >= 0.3 is 0 Å². The van der Waals surface area contributed by atoms with E-state index < -0.39 is 16.9 Å². The van der Waals surface area contributed by atoms with E-state index >= 15 is 0 Å². The molecule has 1 atom stereocenters. The maximum Gasteiger partial charge on any atom is 0.280 e. The van der Waals surface area contributed by atoms with Gasteiger partial charge in [0.15, 0.2) is 6.10 Å². The smallest absolute Gasteiger partial charge is 0.280 e. The van der Waals surface area contributed by atoms with Gasteiger partial charge in [-0.15, -0.1) is 0 Å². The van der Waals surface area contributed by atoms with Crippen LogP contribution in [0.3, 0.4) is 0 Å². The Kier molecular flexibility index (Phi) is 6.20. The Labute approximate surface area is 171 Å². The van der Waals surface area contributed by atoms with Crippen molar-refractivity contribution in [1.29, 1.82) is 5.26 Å². The highest BCUT2D eigenvalue weighted by Crippen LogP contribution is 2.25. The van der Waals surface area contributed by atoms with E-state index in [0.717, 1.165) is 0 Å². The number of ether oxygens (including phenoxy) is 1. The van der Waals surface area contributed by atoms with E-state index in [1.165, 1.54) is 18.3 Å². The highest BCUT2D eigenvalue weighted by atomic mass is 16.6. The molecule has 1 aromatic heterocycles. The normalized spacial score (nSPS) is 11.6. The molecule has 0 radical (unpaired) electrons. The molecule has 1 amide bonds. The molecule has 0 saturated heterocycles. The second kappa shape index (κ2) is 9.16. The summed E-state index contributed by atoms with van der Waals surface area (Å²) in [5, 5.41) is 23.5. The van der Waals surface area contributed by atoms with Crippen LogP contribution in [0.15, 0.2) is 70.2 Å². The van der Waals surface area contributed by atoms with Crippen molar-refractivity contribution in [2.75, 3.05) is 0 Å². The highest BCUT2D eigenvalue weighted by Gasteiger charge is 2.14. The van der Waals surface area contributed by atoms with E-state index in [2.05, 4.69) is 10.5 Å². The van der Waals surface area contributed by atoms with E-state index in [1.54, 1.807) is 55.5 Å². The minimum Gasteiger partial charge on any atom is -0.481 e. The summed E-state index contributed by atoms with van der Waals surface area (Å²) in [6.45, 7) is 1.57. The number of nitro benzene ring substituents is 1. The Balaban J connectivity index is 1.57. The molecule has 9 nitrogen and oxygen atoms in total. The van der Waals surface area contributed by atoms with Gasteiger partial charge in [0.25, 0.3) is 11.6 Å². The summed E-state index contributed by atoms with van der Waals surface area (Å²) >= 11 is 0. The lowest BCUT2D eigenvalue weighted by Gasteiger charge is -2.12. The number of rotatable bonds is 7. The van der Waals surface area contributed by atoms with Crippen molar-refractivity contribution in [2.45, 2.75) is 13.0 Å². The van der Waals surface area contributed by atoms with Crippen molar-refractivity contribution in [2.24, 2.45) is 5.10 Å². The van der Waals surface area contributed by atoms with Crippen LogP contribution in [0.1, 0.15) is 18.2 Å². The lowest BCUT2D eigenvalue weighted by atomic mass is 10.1. The van der Waals surface area contributed by atoms with Crippen molar-refractivity contribution in [3.63, 3.8) is 0 Å². The standard InChI is InChI=1S/C21H16N4O5/c1-14(29-18-7-5-15(12-22)6-8-18)21(26)24-23-13-19-9-10-20(30-19)16-3-2-4-17(11-16)25(27)28/h2-11,13-14H,1H3,(H,24,26)/b23-13+. The van der Waals surface area contributed by atoms with Crippen LogP contribution >= 0.6 is 0 Å². The molecular formula is C21H16N4O5. The quantitative estimate of drug-likeness (QED) is 0.363. The molecule has 0 bridgehead atoms. The zero-order valence-electron chi connectivity index (χ0n) is 15.8. The van der Waals surface area contributed by atoms with E-state index in [1.807, 2.05) is 6.07 Å². The third kappa shape index (κ3) is 5.08. The molecule has 1 N–H and O–H groups in total. The molecule has 2 aromatic carbocycles. The van der Waals surface area contributed by atoms with Crippen LogP contribution in [0, 0.1) is 21.4 Å². The van der Waals surface area contributed by atoms with Crippen molar-refractivity contribution in [3.05, 3.63) is 82.1 Å². The predicted octanol–water partition coefficient (Wildman–Crippen LogP) is 3.64. The van der Waals surface area contributed by atoms with Crippen molar-refractivity contribution < 1.29 is 18.9 Å². The van der Waals surface area contributed by atoms with Crippen LogP contribution in [-0.2, 0) is 4.79 Å². The van der Waals surface area contributed by atoms with Crippen molar-refractivity contribution in [1.82, 2.24) is 5.43 Å². The second-order valence-electron chi connectivity index (χ2n) is 6.14. The Hall–Kier alpha value is -4.45. The molecular weight excluding hydrogens is 388 g/mol. The fraction of sp³-hybridized carbons (Fsp3) is 0.0952. The number of hydrogen-bond acceptors (Lipinski definition) is 7. The van der Waals surface area contributed by atoms with E-state index in [4.69, 9.17) is 14.4 Å². The summed E-state index contributed by atoms with van der Waals surface area (Å²) in [7, 11) is 0. The van der Waals surface area contributed by atoms with Crippen molar-refractivity contribution >= 4 is 17.8 Å². The Morgan fingerprint density at radius 2 is 2.03 bits per heavy atom. The van der Waals surface area contributed by atoms with Gasteiger partial charge in [-0.3, -0.25) is 14.9 Å². The monoisotopic (exact) mass is 404 g/mol. The number of nitriles is 1. The molecule has 1 heterocycles. The first kappa shape index (κ1) is 20.3. The maximum absolute atomic E-state index is 12.1. The number of amides is 1. The Morgan fingerprint density at radius 1 is 1.27 bits per heavy atom. The molecule has 3 aromatic rings. The number of non-ortho nitro benzene ring substituents is 1. The summed E-state index contributed by atoms with van der Waals surface area (Å²) in [6, 6.07) is 17.7. The van der Waals surface area contributed by atoms with Crippen LogP contribution in [0.4, 0.5) is 5.69 Å². The minimum atomic E-state index is -0.813. The molecule has 0 fully saturated rings. The number of benzene rings is 2. The van der Waals surface area contributed by atoms with Gasteiger partial charge in [-0.2, -0.15) is 10.4 Å². The zero-order valence-corrected chi connectivity index (χ0v) is 15.8. The topological polar surface area (TPSA) is 131 Å². The number of carbonyl (C=O) groups excluding carboxylic acids is 1.